The van der Waals surface area contributed by atoms with Crippen molar-refractivity contribution in [3.05, 3.63) is 23.3 Å². The Morgan fingerprint density at radius 2 is 1.74 bits per heavy atom. The minimum absolute atomic E-state index is 0.420. The number of carbonyl (C=O) groups excluding carboxylic acids is 1. The molecule has 0 fully saturated rings. The van der Waals surface area contributed by atoms with Crippen LogP contribution in [-0.2, 0) is 4.74 Å². The van der Waals surface area contributed by atoms with Crippen molar-refractivity contribution in [2.45, 2.75) is 19.1 Å². The van der Waals surface area contributed by atoms with Crippen molar-refractivity contribution in [3.63, 3.8) is 0 Å². The topological polar surface area (TPSA) is 127 Å². The number of aryl methyl sites for hydroxylation is 1. The summed E-state index contributed by atoms with van der Waals surface area (Å²) in [5.74, 6) is -1.93. The summed E-state index contributed by atoms with van der Waals surface area (Å²) in [6, 6.07) is 2.55. The van der Waals surface area contributed by atoms with E-state index in [1.54, 1.807) is 6.92 Å². The van der Waals surface area contributed by atoms with Gasteiger partial charge in [-0.15, -0.1) is 0 Å². The summed E-state index contributed by atoms with van der Waals surface area (Å²) in [5, 5.41) is 46.0. The Morgan fingerprint density at radius 3 is 2.21 bits per heavy atom. The van der Waals surface area contributed by atoms with E-state index in [0.717, 1.165) is 0 Å². The first-order chi connectivity index (χ1) is 8.86. The highest BCUT2D eigenvalue weighted by Gasteiger charge is 2.22. The number of hydrogen-bond acceptors (Lipinski definition) is 7. The number of ether oxygens (including phenoxy) is 1. The number of aliphatic hydroxyl groups is 3. The van der Waals surface area contributed by atoms with Crippen LogP contribution in [0.3, 0.4) is 0 Å². The normalized spacial score (nSPS) is 13.9. The third kappa shape index (κ3) is 3.82. The van der Waals surface area contributed by atoms with Gasteiger partial charge in [0, 0.05) is 0 Å². The lowest BCUT2D eigenvalue weighted by Gasteiger charge is -2.16. The van der Waals surface area contributed by atoms with Crippen LogP contribution in [0.5, 0.6) is 11.5 Å². The largest absolute Gasteiger partial charge is 0.507 e. The van der Waals surface area contributed by atoms with Crippen molar-refractivity contribution in [2.24, 2.45) is 0 Å². The fourth-order valence-electron chi connectivity index (χ4n) is 1.42. The lowest BCUT2D eigenvalue weighted by Crippen LogP contribution is -2.34. The van der Waals surface area contributed by atoms with E-state index in [1.165, 1.54) is 12.1 Å². The number of aromatic hydroxyl groups is 2. The molecule has 1 aromatic rings. The molecule has 0 spiro atoms. The predicted molar refractivity (Wildman–Crippen MR) is 63.9 cm³/mol. The summed E-state index contributed by atoms with van der Waals surface area (Å²) in [6.45, 7) is 0.364. The molecule has 7 heteroatoms. The average molecular weight is 272 g/mol. The zero-order valence-corrected chi connectivity index (χ0v) is 10.3. The maximum Gasteiger partial charge on any atom is 0.345 e. The molecule has 0 radical (unpaired) electrons. The maximum atomic E-state index is 11.6. The molecule has 0 aliphatic carbocycles. The first-order valence-corrected chi connectivity index (χ1v) is 5.53. The van der Waals surface area contributed by atoms with E-state index >= 15 is 0 Å². The summed E-state index contributed by atoms with van der Waals surface area (Å²) in [6.07, 6.45) is -2.89. The molecule has 19 heavy (non-hydrogen) atoms. The second-order valence-electron chi connectivity index (χ2n) is 4.09. The van der Waals surface area contributed by atoms with Gasteiger partial charge in [0.1, 0.15) is 35.9 Å². The summed E-state index contributed by atoms with van der Waals surface area (Å²) >= 11 is 0. The smallest absolute Gasteiger partial charge is 0.345 e. The summed E-state index contributed by atoms with van der Waals surface area (Å²) in [7, 11) is 0. The van der Waals surface area contributed by atoms with Gasteiger partial charge in [0.15, 0.2) is 0 Å². The molecule has 1 rings (SSSR count). The fourth-order valence-corrected chi connectivity index (χ4v) is 1.42. The van der Waals surface area contributed by atoms with Crippen LogP contribution in [0.25, 0.3) is 0 Å². The van der Waals surface area contributed by atoms with Crippen LogP contribution in [0.4, 0.5) is 0 Å². The standard InChI is InChI=1S/C12H16O7/c1-6-2-7(14)11(8(15)3-6)12(18)19-5-10(17)9(16)4-13/h2-3,9-10,13-17H,4-5H2,1H3/t9-,10-/m0/s1. The Bertz CT molecular complexity index is 434. The first-order valence-electron chi connectivity index (χ1n) is 5.53. The van der Waals surface area contributed by atoms with E-state index < -0.39 is 48.5 Å². The Hall–Kier alpha value is -1.83. The Balaban J connectivity index is 2.74. The highest BCUT2D eigenvalue weighted by Crippen LogP contribution is 2.29. The molecule has 0 bridgehead atoms. The Labute approximate surface area is 109 Å². The number of phenols is 2. The SMILES string of the molecule is Cc1cc(O)c(C(=O)OC[C@H](O)[C@@H](O)CO)c(O)c1. The van der Waals surface area contributed by atoms with E-state index in [2.05, 4.69) is 4.74 Å². The van der Waals surface area contributed by atoms with E-state index in [0.29, 0.717) is 5.56 Å². The Kier molecular flexibility index (Phi) is 5.11. The summed E-state index contributed by atoms with van der Waals surface area (Å²) in [5.41, 5.74) is 0.138. The average Bonchev–Trinajstić information content (AvgIpc) is 2.33. The molecule has 0 aliphatic heterocycles. The molecule has 0 unspecified atom stereocenters. The van der Waals surface area contributed by atoms with Crippen molar-refractivity contribution in [1.29, 1.82) is 0 Å². The number of carbonyl (C=O) groups is 1. The lowest BCUT2D eigenvalue weighted by atomic mass is 10.1. The van der Waals surface area contributed by atoms with E-state index in [-0.39, 0.29) is 0 Å². The molecule has 0 aromatic heterocycles. The van der Waals surface area contributed by atoms with Crippen LogP contribution in [0.1, 0.15) is 15.9 Å². The predicted octanol–water partition coefficient (Wildman–Crippen LogP) is -0.723. The second kappa shape index (κ2) is 6.37. The number of rotatable bonds is 5. The summed E-state index contributed by atoms with van der Waals surface area (Å²) < 4.78 is 4.63. The molecule has 0 heterocycles. The van der Waals surface area contributed by atoms with Crippen LogP contribution >= 0.6 is 0 Å². The molecule has 0 saturated carbocycles. The molecular weight excluding hydrogens is 256 g/mol. The number of hydrogen-bond donors (Lipinski definition) is 5. The van der Waals surface area contributed by atoms with Crippen molar-refractivity contribution in [3.8, 4) is 11.5 Å². The zero-order chi connectivity index (χ0) is 14.6. The van der Waals surface area contributed by atoms with Gasteiger partial charge in [-0.2, -0.15) is 0 Å². The van der Waals surface area contributed by atoms with E-state index in [9.17, 15) is 20.1 Å². The maximum absolute atomic E-state index is 11.6. The molecule has 7 nitrogen and oxygen atoms in total. The Morgan fingerprint density at radius 1 is 1.21 bits per heavy atom. The zero-order valence-electron chi connectivity index (χ0n) is 10.3. The van der Waals surface area contributed by atoms with Gasteiger partial charge in [-0.05, 0) is 24.6 Å². The van der Waals surface area contributed by atoms with Gasteiger partial charge in [-0.25, -0.2) is 4.79 Å². The van der Waals surface area contributed by atoms with E-state index in [4.69, 9.17) is 10.2 Å². The molecule has 5 N–H and O–H groups in total. The van der Waals surface area contributed by atoms with Crippen LogP contribution in [-0.4, -0.2) is 56.9 Å². The third-order valence-electron chi connectivity index (χ3n) is 2.46. The number of benzene rings is 1. The molecule has 2 atom stereocenters. The van der Waals surface area contributed by atoms with Gasteiger partial charge in [0.2, 0.25) is 0 Å². The number of esters is 1. The molecular formula is C12H16O7. The van der Waals surface area contributed by atoms with Crippen LogP contribution in [0.2, 0.25) is 0 Å². The van der Waals surface area contributed by atoms with Crippen molar-refractivity contribution >= 4 is 5.97 Å². The highest BCUT2D eigenvalue weighted by atomic mass is 16.5. The second-order valence-corrected chi connectivity index (χ2v) is 4.09. The first kappa shape index (κ1) is 15.2. The molecule has 0 aliphatic rings. The number of aliphatic hydroxyl groups excluding tert-OH is 3. The third-order valence-corrected chi connectivity index (χ3v) is 2.46. The van der Waals surface area contributed by atoms with Crippen molar-refractivity contribution in [2.75, 3.05) is 13.2 Å². The summed E-state index contributed by atoms with van der Waals surface area (Å²) in [4.78, 5) is 11.6. The quantitative estimate of drug-likeness (QED) is 0.447. The van der Waals surface area contributed by atoms with Gasteiger partial charge >= 0.3 is 5.97 Å². The van der Waals surface area contributed by atoms with Crippen LogP contribution in [0.15, 0.2) is 12.1 Å². The minimum atomic E-state index is -1.45. The van der Waals surface area contributed by atoms with Crippen LogP contribution < -0.4 is 0 Å². The van der Waals surface area contributed by atoms with Gasteiger partial charge in [-0.1, -0.05) is 0 Å². The van der Waals surface area contributed by atoms with Gasteiger partial charge < -0.3 is 30.3 Å². The van der Waals surface area contributed by atoms with Gasteiger partial charge in [0.25, 0.3) is 0 Å². The lowest BCUT2D eigenvalue weighted by molar-refractivity contribution is -0.0468. The van der Waals surface area contributed by atoms with E-state index in [1.807, 2.05) is 0 Å². The molecule has 106 valence electrons. The molecule has 0 amide bonds. The fraction of sp³-hybridized carbons (Fsp3) is 0.417. The molecule has 1 aromatic carbocycles. The van der Waals surface area contributed by atoms with Gasteiger partial charge in [-0.3, -0.25) is 0 Å². The highest BCUT2D eigenvalue weighted by molar-refractivity contribution is 5.95. The number of phenolic OH excluding ortho intramolecular Hbond substituents is 2. The van der Waals surface area contributed by atoms with Crippen LogP contribution in [0, 0.1) is 6.92 Å². The minimum Gasteiger partial charge on any atom is -0.507 e. The molecule has 0 saturated heterocycles. The van der Waals surface area contributed by atoms with Crippen molar-refractivity contribution < 1.29 is 35.1 Å². The monoisotopic (exact) mass is 272 g/mol. The van der Waals surface area contributed by atoms with Gasteiger partial charge in [0.05, 0.1) is 6.61 Å². The van der Waals surface area contributed by atoms with Crippen molar-refractivity contribution in [1.82, 2.24) is 0 Å².